The molecule has 0 N–H and O–H groups in total. The largest absolute Gasteiger partial charge is 0.245 e. The highest BCUT2D eigenvalue weighted by atomic mass is 32.1. The first kappa shape index (κ1) is 8.90. The maximum absolute atomic E-state index is 4.33. The van der Waals surface area contributed by atoms with Crippen LogP contribution in [0.25, 0.3) is 10.2 Å². The summed E-state index contributed by atoms with van der Waals surface area (Å²) >= 11 is 1.76. The molecule has 0 fully saturated rings. The van der Waals surface area contributed by atoms with Gasteiger partial charge in [-0.05, 0) is 11.3 Å². The van der Waals surface area contributed by atoms with E-state index in [1.54, 1.807) is 11.3 Å². The van der Waals surface area contributed by atoms with Crippen LogP contribution in [0, 0.1) is 0 Å². The molecule has 68 valence electrons. The van der Waals surface area contributed by atoms with Gasteiger partial charge in [0.2, 0.25) is 0 Å². The van der Waals surface area contributed by atoms with Crippen molar-refractivity contribution in [1.82, 2.24) is 4.98 Å². The van der Waals surface area contributed by atoms with Gasteiger partial charge in [-0.2, -0.15) is 0 Å². The molecular weight excluding hydrogens is 194 g/mol. The van der Waals surface area contributed by atoms with Crippen LogP contribution >= 0.6 is 11.3 Å². The van der Waals surface area contributed by atoms with Gasteiger partial charge < -0.3 is 0 Å². The summed E-state index contributed by atoms with van der Waals surface area (Å²) in [5, 5.41) is 1.53. The second-order valence-corrected chi connectivity index (χ2v) is 10.1. The van der Waals surface area contributed by atoms with E-state index in [2.05, 4.69) is 42.8 Å². The average molecular weight is 207 g/mol. The zero-order chi connectivity index (χ0) is 9.47. The van der Waals surface area contributed by atoms with E-state index in [4.69, 9.17) is 0 Å². The van der Waals surface area contributed by atoms with Gasteiger partial charge in [0.25, 0.3) is 0 Å². The lowest BCUT2D eigenvalue weighted by molar-refractivity contribution is 1.50. The zero-order valence-electron chi connectivity index (χ0n) is 8.16. The van der Waals surface area contributed by atoms with Crippen LogP contribution in [0.2, 0.25) is 19.6 Å². The van der Waals surface area contributed by atoms with Crippen LogP contribution in [-0.2, 0) is 0 Å². The number of hydrogen-bond donors (Lipinski definition) is 0. The topological polar surface area (TPSA) is 12.9 Å². The molecule has 1 aromatic carbocycles. The first-order chi connectivity index (χ1) is 6.09. The lowest BCUT2D eigenvalue weighted by atomic mass is 10.3. The summed E-state index contributed by atoms with van der Waals surface area (Å²) in [5.41, 5.74) is 3.10. The summed E-state index contributed by atoms with van der Waals surface area (Å²) < 4.78 is 1.39. The Morgan fingerprint density at radius 3 is 2.69 bits per heavy atom. The molecule has 3 heteroatoms. The number of aromatic nitrogens is 1. The van der Waals surface area contributed by atoms with Gasteiger partial charge in [0.1, 0.15) is 0 Å². The van der Waals surface area contributed by atoms with Gasteiger partial charge in [0.05, 0.1) is 23.8 Å². The maximum atomic E-state index is 4.33. The van der Waals surface area contributed by atoms with Gasteiger partial charge >= 0.3 is 0 Å². The van der Waals surface area contributed by atoms with Crippen molar-refractivity contribution in [2.24, 2.45) is 0 Å². The fraction of sp³-hybridized carbons (Fsp3) is 0.300. The van der Waals surface area contributed by atoms with Crippen LogP contribution in [0.3, 0.4) is 0 Å². The van der Waals surface area contributed by atoms with E-state index in [0.29, 0.717) is 0 Å². The molecule has 0 aliphatic carbocycles. The molecule has 1 nitrogen and oxygen atoms in total. The summed E-state index contributed by atoms with van der Waals surface area (Å²) in [5.74, 6) is 0. The Kier molecular flexibility index (Phi) is 2.00. The molecule has 0 saturated heterocycles. The lowest BCUT2D eigenvalue weighted by Gasteiger charge is -2.16. The number of rotatable bonds is 1. The molecule has 0 unspecified atom stereocenters. The highest BCUT2D eigenvalue weighted by Gasteiger charge is 2.19. The number of hydrogen-bond acceptors (Lipinski definition) is 2. The number of benzene rings is 1. The normalized spacial score (nSPS) is 12.2. The molecule has 1 aromatic heterocycles. The molecule has 1 heterocycles. The monoisotopic (exact) mass is 207 g/mol. The van der Waals surface area contributed by atoms with Crippen LogP contribution in [0.1, 0.15) is 0 Å². The Morgan fingerprint density at radius 2 is 2.00 bits per heavy atom. The smallest absolute Gasteiger partial charge is 0.0810 e. The highest BCUT2D eigenvalue weighted by molar-refractivity contribution is 7.19. The Hall–Kier alpha value is -0.673. The summed E-state index contributed by atoms with van der Waals surface area (Å²) in [6.45, 7) is 7.13. The Morgan fingerprint density at radius 1 is 1.23 bits per heavy atom. The van der Waals surface area contributed by atoms with Crippen molar-refractivity contribution in [3.63, 3.8) is 0 Å². The van der Waals surface area contributed by atoms with Gasteiger partial charge in [-0.3, -0.25) is 0 Å². The van der Waals surface area contributed by atoms with Crippen LogP contribution in [0.5, 0.6) is 0 Å². The summed E-state index contributed by atoms with van der Waals surface area (Å²) in [6.07, 6.45) is 0. The molecule has 0 amide bonds. The lowest BCUT2D eigenvalue weighted by Crippen LogP contribution is -2.37. The van der Waals surface area contributed by atoms with Gasteiger partial charge in [-0.15, -0.1) is 11.3 Å². The van der Waals surface area contributed by atoms with Crippen LogP contribution in [0.15, 0.2) is 23.7 Å². The molecular formula is C10H13NSSi. The average Bonchev–Trinajstić information content (AvgIpc) is 2.48. The third kappa shape index (κ3) is 1.54. The Bertz CT molecular complexity index is 428. The number of fused-ring (bicyclic) bond motifs is 1. The van der Waals surface area contributed by atoms with Crippen molar-refractivity contribution >= 4 is 34.8 Å². The van der Waals surface area contributed by atoms with Gasteiger partial charge in [-0.25, -0.2) is 4.98 Å². The maximum Gasteiger partial charge on any atom is 0.0810 e. The minimum Gasteiger partial charge on any atom is -0.245 e. The second kappa shape index (κ2) is 2.92. The van der Waals surface area contributed by atoms with Crippen LogP contribution in [0.4, 0.5) is 0 Å². The quantitative estimate of drug-likeness (QED) is 0.655. The minimum absolute atomic E-state index is 1.16. The SMILES string of the molecule is C[Si](C)(C)c1cccc2ncsc12. The third-order valence-corrected chi connectivity index (χ3v) is 5.25. The molecule has 0 atom stereocenters. The van der Waals surface area contributed by atoms with E-state index in [9.17, 15) is 0 Å². The summed E-state index contributed by atoms with van der Waals surface area (Å²) in [7, 11) is -1.19. The highest BCUT2D eigenvalue weighted by Crippen LogP contribution is 2.18. The molecule has 0 bridgehead atoms. The first-order valence-corrected chi connectivity index (χ1v) is 8.80. The standard InChI is InChI=1S/C10H13NSSi/c1-13(2,3)9-6-4-5-8-10(9)12-7-11-8/h4-7H,1-3H3. The second-order valence-electron chi connectivity index (χ2n) is 4.26. The van der Waals surface area contributed by atoms with Crippen molar-refractivity contribution in [2.45, 2.75) is 19.6 Å². The van der Waals surface area contributed by atoms with Crippen molar-refractivity contribution in [3.05, 3.63) is 23.7 Å². The van der Waals surface area contributed by atoms with Crippen molar-refractivity contribution in [3.8, 4) is 0 Å². The van der Waals surface area contributed by atoms with Gasteiger partial charge in [0.15, 0.2) is 0 Å². The minimum atomic E-state index is -1.19. The summed E-state index contributed by atoms with van der Waals surface area (Å²) in [4.78, 5) is 4.33. The molecule has 13 heavy (non-hydrogen) atoms. The summed E-state index contributed by atoms with van der Waals surface area (Å²) in [6, 6.07) is 6.47. The molecule has 0 radical (unpaired) electrons. The fourth-order valence-electron chi connectivity index (χ4n) is 1.48. The Labute approximate surface area is 83.4 Å². The number of nitrogens with zero attached hydrogens (tertiary/aromatic N) is 1. The fourth-order valence-corrected chi connectivity index (χ4v) is 4.69. The van der Waals surface area contributed by atoms with Crippen molar-refractivity contribution < 1.29 is 0 Å². The van der Waals surface area contributed by atoms with Crippen LogP contribution < -0.4 is 5.19 Å². The first-order valence-electron chi connectivity index (χ1n) is 4.42. The third-order valence-electron chi connectivity index (χ3n) is 2.16. The molecule has 0 spiro atoms. The van der Waals surface area contributed by atoms with E-state index in [-0.39, 0.29) is 0 Å². The van der Waals surface area contributed by atoms with Gasteiger partial charge in [0, 0.05) is 0 Å². The van der Waals surface area contributed by atoms with Crippen molar-refractivity contribution in [1.29, 1.82) is 0 Å². The van der Waals surface area contributed by atoms with E-state index < -0.39 is 8.07 Å². The van der Waals surface area contributed by atoms with Gasteiger partial charge in [-0.1, -0.05) is 31.8 Å². The molecule has 2 rings (SSSR count). The predicted molar refractivity (Wildman–Crippen MR) is 62.6 cm³/mol. The number of thiazole rings is 1. The predicted octanol–water partition coefficient (Wildman–Crippen LogP) is 2.84. The molecule has 2 aromatic rings. The van der Waals surface area contributed by atoms with E-state index in [0.717, 1.165) is 5.52 Å². The van der Waals surface area contributed by atoms with E-state index in [1.165, 1.54) is 9.89 Å². The Balaban J connectivity index is 2.75. The molecule has 0 aliphatic rings. The van der Waals surface area contributed by atoms with Crippen LogP contribution in [-0.4, -0.2) is 13.1 Å². The van der Waals surface area contributed by atoms with Crippen molar-refractivity contribution in [2.75, 3.05) is 0 Å². The van der Waals surface area contributed by atoms with E-state index >= 15 is 0 Å². The zero-order valence-corrected chi connectivity index (χ0v) is 9.98. The van der Waals surface area contributed by atoms with E-state index in [1.807, 2.05) is 5.51 Å². The molecule has 0 aliphatic heterocycles. The molecule has 0 saturated carbocycles.